The average Bonchev–Trinajstić information content (AvgIpc) is 3.63. The van der Waals surface area contributed by atoms with Gasteiger partial charge in [-0.1, -0.05) is 44.2 Å². The summed E-state index contributed by atoms with van der Waals surface area (Å²) in [6, 6.07) is 12.7. The molecule has 2 saturated heterocycles. The summed E-state index contributed by atoms with van der Waals surface area (Å²) >= 11 is 0. The maximum atomic E-state index is 13.4. The van der Waals surface area contributed by atoms with E-state index in [9.17, 15) is 19.2 Å². The van der Waals surface area contributed by atoms with Gasteiger partial charge in [0.2, 0.25) is 17.7 Å². The van der Waals surface area contributed by atoms with E-state index in [4.69, 9.17) is 4.74 Å². The van der Waals surface area contributed by atoms with Crippen molar-refractivity contribution < 1.29 is 23.9 Å². The fourth-order valence-corrected chi connectivity index (χ4v) is 7.72. The minimum atomic E-state index is -0.564. The Morgan fingerprint density at radius 2 is 1.46 bits per heavy atom. The van der Waals surface area contributed by atoms with Gasteiger partial charge in [-0.2, -0.15) is 0 Å². The Balaban J connectivity index is 1.04. The number of esters is 1. The number of carbonyl (C=O) groups excluding carboxylic acids is 4. The van der Waals surface area contributed by atoms with Crippen LogP contribution in [-0.4, -0.2) is 30.2 Å². The van der Waals surface area contributed by atoms with Gasteiger partial charge in [0, 0.05) is 18.7 Å². The van der Waals surface area contributed by atoms with Gasteiger partial charge in [-0.05, 0) is 78.3 Å². The minimum absolute atomic E-state index is 0.0727. The van der Waals surface area contributed by atoms with Crippen LogP contribution in [0.2, 0.25) is 0 Å². The van der Waals surface area contributed by atoms with Crippen LogP contribution >= 0.6 is 0 Å². The number of anilines is 2. The molecule has 0 spiro atoms. The first-order valence-electron chi connectivity index (χ1n) is 14.2. The summed E-state index contributed by atoms with van der Waals surface area (Å²) in [6.45, 7) is 4.42. The van der Waals surface area contributed by atoms with E-state index in [1.807, 2.05) is 18.2 Å². The van der Waals surface area contributed by atoms with Crippen LogP contribution in [0.1, 0.15) is 37.8 Å². The van der Waals surface area contributed by atoms with Crippen molar-refractivity contribution in [1.29, 1.82) is 0 Å². The normalized spacial score (nSPS) is 32.1. The molecule has 4 aliphatic carbocycles. The lowest BCUT2D eigenvalue weighted by atomic mass is 9.63. The number of hydrogen-bond donors (Lipinski definition) is 0. The third kappa shape index (κ3) is 3.62. The van der Waals surface area contributed by atoms with E-state index in [1.54, 1.807) is 29.2 Å². The summed E-state index contributed by atoms with van der Waals surface area (Å²) in [7, 11) is 0. The van der Waals surface area contributed by atoms with Crippen molar-refractivity contribution in [3.05, 3.63) is 65.7 Å². The first-order chi connectivity index (χ1) is 18.9. The first kappa shape index (κ1) is 24.3. The predicted octanol–water partition coefficient (Wildman–Crippen LogP) is 4.33. The molecule has 0 N–H and O–H groups in total. The molecular weight excluding hydrogens is 492 g/mol. The van der Waals surface area contributed by atoms with Gasteiger partial charge >= 0.3 is 5.97 Å². The Bertz CT molecular complexity index is 1370. The highest BCUT2D eigenvalue weighted by atomic mass is 16.5. The fraction of sp³-hybridized carbons (Fsp3) is 0.438. The molecule has 2 aromatic rings. The zero-order valence-corrected chi connectivity index (χ0v) is 22.2. The zero-order valence-electron chi connectivity index (χ0n) is 22.2. The standard InChI is InChI=1S/C32H32N2O5/c1-3-17-6-5-7-18(4-2)29(17)33-16-19(14-26(33)35)32(38)39-21-10-8-20(9-11-21)34-30(36)27-22-12-13-23(25-15-24(22)25)28(27)31(34)37/h5-13,19,22-25,27-28H,3-4,14-16H2,1-2H3/t19-,22+,23+,24-,25+,27-,28-/m1/s1. The Kier molecular flexibility index (Phi) is 5.55. The third-order valence-corrected chi connectivity index (χ3v) is 9.67. The maximum Gasteiger partial charge on any atom is 0.316 e. The third-order valence-electron chi connectivity index (χ3n) is 9.67. The molecule has 0 aromatic heterocycles. The molecule has 3 amide bonds. The second-order valence-electron chi connectivity index (χ2n) is 11.6. The SMILES string of the molecule is CCc1cccc(CC)c1N1C[C@H](C(=O)Oc2ccc(N3C(=O)[C@@H]4[C@H]5C=C[C@@H]([C@@H]6C[C@H]56)[C@H]4C3=O)cc2)CC1=O. The summed E-state index contributed by atoms with van der Waals surface area (Å²) in [4.78, 5) is 55.8. The molecule has 7 nitrogen and oxygen atoms in total. The Morgan fingerprint density at radius 1 is 0.872 bits per heavy atom. The van der Waals surface area contributed by atoms with Crippen LogP contribution in [-0.2, 0) is 32.0 Å². The van der Waals surface area contributed by atoms with Gasteiger partial charge in [-0.3, -0.25) is 24.1 Å². The Morgan fingerprint density at radius 3 is 2.03 bits per heavy atom. The predicted molar refractivity (Wildman–Crippen MR) is 145 cm³/mol. The topological polar surface area (TPSA) is 84.0 Å². The highest BCUT2D eigenvalue weighted by molar-refractivity contribution is 6.22. The Labute approximate surface area is 227 Å². The number of imide groups is 1. The van der Waals surface area contributed by atoms with Crippen molar-refractivity contribution in [3.63, 3.8) is 0 Å². The average molecular weight is 525 g/mol. The number of aryl methyl sites for hydroxylation is 2. The van der Waals surface area contributed by atoms with E-state index < -0.39 is 11.9 Å². The molecule has 2 aliphatic heterocycles. The van der Waals surface area contributed by atoms with Gasteiger partial charge in [-0.25, -0.2) is 0 Å². The zero-order chi connectivity index (χ0) is 27.0. The van der Waals surface area contributed by atoms with Gasteiger partial charge in [-0.15, -0.1) is 0 Å². The lowest BCUT2D eigenvalue weighted by Crippen LogP contribution is -2.40. The molecule has 8 rings (SSSR count). The van der Waals surface area contributed by atoms with E-state index >= 15 is 0 Å². The second kappa shape index (κ2) is 8.90. The number of allylic oxidation sites excluding steroid dienone is 2. The Hall–Kier alpha value is -3.74. The molecule has 7 atom stereocenters. The lowest BCUT2D eigenvalue weighted by molar-refractivity contribution is -0.139. The molecule has 0 radical (unpaired) electrons. The van der Waals surface area contributed by atoms with Crippen LogP contribution in [0, 0.1) is 41.4 Å². The molecule has 2 saturated carbocycles. The van der Waals surface area contributed by atoms with Crippen LogP contribution in [0.25, 0.3) is 0 Å². The van der Waals surface area contributed by atoms with Gasteiger partial charge in [0.15, 0.2) is 0 Å². The van der Waals surface area contributed by atoms with Crippen molar-refractivity contribution >= 4 is 35.1 Å². The molecular formula is C32H32N2O5. The minimum Gasteiger partial charge on any atom is -0.426 e. The summed E-state index contributed by atoms with van der Waals surface area (Å²) < 4.78 is 5.66. The highest BCUT2D eigenvalue weighted by Gasteiger charge is 2.67. The largest absolute Gasteiger partial charge is 0.426 e. The summed E-state index contributed by atoms with van der Waals surface area (Å²) in [5.74, 6) is 0.00292. The molecule has 4 fully saturated rings. The number of hydrogen-bond acceptors (Lipinski definition) is 5. The van der Waals surface area contributed by atoms with Crippen LogP contribution in [0.4, 0.5) is 11.4 Å². The smallest absolute Gasteiger partial charge is 0.316 e. The van der Waals surface area contributed by atoms with Crippen molar-refractivity contribution in [2.45, 2.75) is 39.5 Å². The van der Waals surface area contributed by atoms with Crippen LogP contribution in [0.15, 0.2) is 54.6 Å². The number of ether oxygens (including phenoxy) is 1. The van der Waals surface area contributed by atoms with Crippen molar-refractivity contribution in [1.82, 2.24) is 0 Å². The van der Waals surface area contributed by atoms with E-state index in [-0.39, 0.29) is 54.4 Å². The van der Waals surface area contributed by atoms with E-state index in [1.165, 1.54) is 4.90 Å². The number of benzene rings is 2. The number of nitrogens with zero attached hydrogens (tertiary/aromatic N) is 2. The van der Waals surface area contributed by atoms with Gasteiger partial charge in [0.25, 0.3) is 0 Å². The monoisotopic (exact) mass is 524 g/mol. The molecule has 7 heteroatoms. The molecule has 200 valence electrons. The summed E-state index contributed by atoms with van der Waals surface area (Å²) in [5.41, 5.74) is 3.63. The summed E-state index contributed by atoms with van der Waals surface area (Å²) in [5, 5.41) is 0. The molecule has 39 heavy (non-hydrogen) atoms. The van der Waals surface area contributed by atoms with Gasteiger partial charge in [0.1, 0.15) is 5.75 Å². The number of amides is 3. The lowest BCUT2D eigenvalue weighted by Gasteiger charge is -2.37. The van der Waals surface area contributed by atoms with Crippen molar-refractivity contribution in [2.75, 3.05) is 16.3 Å². The maximum absolute atomic E-state index is 13.4. The molecule has 2 heterocycles. The van der Waals surface area contributed by atoms with Crippen LogP contribution < -0.4 is 14.5 Å². The quantitative estimate of drug-likeness (QED) is 0.243. The van der Waals surface area contributed by atoms with E-state index in [0.29, 0.717) is 23.3 Å². The van der Waals surface area contributed by atoms with E-state index in [0.717, 1.165) is 36.1 Å². The van der Waals surface area contributed by atoms with Crippen LogP contribution in [0.3, 0.4) is 0 Å². The summed E-state index contributed by atoms with van der Waals surface area (Å²) in [6.07, 6.45) is 7.17. The molecule has 2 bridgehead atoms. The fourth-order valence-electron chi connectivity index (χ4n) is 7.72. The number of carbonyl (C=O) groups is 4. The molecule has 6 aliphatic rings. The van der Waals surface area contributed by atoms with Gasteiger partial charge < -0.3 is 9.64 Å². The second-order valence-corrected chi connectivity index (χ2v) is 11.6. The van der Waals surface area contributed by atoms with Crippen molar-refractivity contribution in [3.8, 4) is 5.75 Å². The number of rotatable bonds is 6. The van der Waals surface area contributed by atoms with Crippen LogP contribution in [0.5, 0.6) is 5.75 Å². The highest BCUT2D eigenvalue weighted by Crippen LogP contribution is 2.65. The van der Waals surface area contributed by atoms with Crippen molar-refractivity contribution in [2.24, 2.45) is 41.4 Å². The molecule has 0 unspecified atom stereocenters. The van der Waals surface area contributed by atoms with E-state index in [2.05, 4.69) is 26.0 Å². The first-order valence-corrected chi connectivity index (χ1v) is 14.2. The van der Waals surface area contributed by atoms with Gasteiger partial charge in [0.05, 0.1) is 23.4 Å². The molecule has 2 aromatic carbocycles. The number of para-hydroxylation sites is 1.